The second-order valence-corrected chi connectivity index (χ2v) is 10.2. The number of benzene rings is 2. The first-order valence-electron chi connectivity index (χ1n) is 11.0. The second kappa shape index (κ2) is 10.9. The average Bonchev–Trinajstić information content (AvgIpc) is 2.76. The topological polar surface area (TPSA) is 79.0 Å². The number of rotatable bonds is 9. The van der Waals surface area contributed by atoms with Gasteiger partial charge in [-0.1, -0.05) is 30.3 Å². The third kappa shape index (κ3) is 6.54. The number of para-hydroxylation sites is 1. The quantitative estimate of drug-likeness (QED) is 0.584. The maximum absolute atomic E-state index is 12.5. The molecule has 1 heterocycles. The zero-order valence-electron chi connectivity index (χ0n) is 19.1. The fourth-order valence-electron chi connectivity index (χ4n) is 3.92. The van der Waals surface area contributed by atoms with Crippen molar-refractivity contribution >= 4 is 21.6 Å². The molecule has 2 aromatic carbocycles. The lowest BCUT2D eigenvalue weighted by molar-refractivity contribution is 0.0374. The number of aryl methyl sites for hydroxylation is 2. The van der Waals surface area contributed by atoms with Crippen LogP contribution in [0.3, 0.4) is 0 Å². The lowest BCUT2D eigenvalue weighted by Crippen LogP contribution is -2.38. The van der Waals surface area contributed by atoms with Gasteiger partial charge in [-0.2, -0.15) is 0 Å². The van der Waals surface area contributed by atoms with E-state index in [0.29, 0.717) is 17.8 Å². The summed E-state index contributed by atoms with van der Waals surface area (Å²) in [4.78, 5) is 14.8. The molecule has 1 saturated heterocycles. The summed E-state index contributed by atoms with van der Waals surface area (Å²) < 4.78 is 31.8. The van der Waals surface area contributed by atoms with Crippen molar-refractivity contribution in [3.05, 3.63) is 64.7 Å². The van der Waals surface area contributed by atoms with Crippen molar-refractivity contribution in [1.29, 1.82) is 0 Å². The molecule has 0 aliphatic carbocycles. The summed E-state index contributed by atoms with van der Waals surface area (Å²) in [6, 6.07) is 12.9. The number of morpholine rings is 1. The number of sulfonamides is 1. The van der Waals surface area contributed by atoms with Gasteiger partial charge in [0.25, 0.3) is 5.91 Å². The monoisotopic (exact) mass is 459 g/mol. The summed E-state index contributed by atoms with van der Waals surface area (Å²) in [7, 11) is -3.47. The Kier molecular flexibility index (Phi) is 8.28. The van der Waals surface area contributed by atoms with E-state index in [-0.39, 0.29) is 12.5 Å². The molecule has 0 atom stereocenters. The molecule has 0 unspecified atom stereocenters. The molecule has 0 aromatic heterocycles. The summed E-state index contributed by atoms with van der Waals surface area (Å²) in [5, 5.41) is 2.96. The lowest BCUT2D eigenvalue weighted by atomic mass is 10.1. The maximum Gasteiger partial charge on any atom is 0.251 e. The largest absolute Gasteiger partial charge is 0.379 e. The first-order valence-corrected chi connectivity index (χ1v) is 12.8. The second-order valence-electron chi connectivity index (χ2n) is 8.27. The van der Waals surface area contributed by atoms with Gasteiger partial charge in [0, 0.05) is 25.2 Å². The summed E-state index contributed by atoms with van der Waals surface area (Å²) in [5.74, 6) is -0.117. The van der Waals surface area contributed by atoms with E-state index in [2.05, 4.69) is 10.2 Å². The Labute approximate surface area is 191 Å². The van der Waals surface area contributed by atoms with Crippen molar-refractivity contribution in [2.24, 2.45) is 0 Å². The van der Waals surface area contributed by atoms with E-state index in [9.17, 15) is 13.2 Å². The van der Waals surface area contributed by atoms with Crippen molar-refractivity contribution in [1.82, 2.24) is 10.2 Å². The highest BCUT2D eigenvalue weighted by Gasteiger charge is 2.21. The molecule has 1 N–H and O–H groups in total. The molecular formula is C24H33N3O4S. The van der Waals surface area contributed by atoms with Gasteiger partial charge in [-0.05, 0) is 55.6 Å². The smallest absolute Gasteiger partial charge is 0.251 e. The first kappa shape index (κ1) is 24.2. The molecule has 2 aromatic rings. The van der Waals surface area contributed by atoms with Crippen LogP contribution in [-0.2, 0) is 21.3 Å². The Morgan fingerprint density at radius 1 is 1.06 bits per heavy atom. The van der Waals surface area contributed by atoms with Gasteiger partial charge >= 0.3 is 0 Å². The highest BCUT2D eigenvalue weighted by molar-refractivity contribution is 7.92. The van der Waals surface area contributed by atoms with Gasteiger partial charge in [-0.25, -0.2) is 8.42 Å². The molecule has 0 saturated carbocycles. The molecule has 0 bridgehead atoms. The number of hydrogen-bond donors (Lipinski definition) is 1. The van der Waals surface area contributed by atoms with Crippen LogP contribution in [0.15, 0.2) is 42.5 Å². The minimum Gasteiger partial charge on any atom is -0.379 e. The highest BCUT2D eigenvalue weighted by Crippen LogP contribution is 2.28. The third-order valence-electron chi connectivity index (χ3n) is 5.67. The standard InChI is InChI=1S/C24H33N3O4S/c1-19-6-4-7-20(2)23(19)27(32(3,29)30)18-21-8-10-22(11-9-21)24(28)25-12-5-13-26-14-16-31-17-15-26/h4,6-11H,5,12-18H2,1-3H3,(H,25,28). The van der Waals surface area contributed by atoms with Crippen LogP contribution in [0.2, 0.25) is 0 Å². The van der Waals surface area contributed by atoms with Gasteiger partial charge in [-0.15, -0.1) is 0 Å². The number of carbonyl (C=O) groups excluding carboxylic acids is 1. The minimum atomic E-state index is -3.47. The Balaban J connectivity index is 1.59. The van der Waals surface area contributed by atoms with Crippen LogP contribution in [0.4, 0.5) is 5.69 Å². The van der Waals surface area contributed by atoms with E-state index in [4.69, 9.17) is 4.74 Å². The normalized spacial score (nSPS) is 14.8. The fraction of sp³-hybridized carbons (Fsp3) is 0.458. The van der Waals surface area contributed by atoms with Crippen LogP contribution in [-0.4, -0.2) is 64.9 Å². The number of carbonyl (C=O) groups is 1. The van der Waals surface area contributed by atoms with Crippen LogP contribution in [0.1, 0.15) is 33.5 Å². The molecule has 8 heteroatoms. The van der Waals surface area contributed by atoms with Crippen LogP contribution in [0.5, 0.6) is 0 Å². The van der Waals surface area contributed by atoms with Gasteiger partial charge in [0.2, 0.25) is 10.0 Å². The number of nitrogens with one attached hydrogen (secondary N) is 1. The molecule has 7 nitrogen and oxygen atoms in total. The molecule has 3 rings (SSSR count). The van der Waals surface area contributed by atoms with Gasteiger partial charge in [-0.3, -0.25) is 14.0 Å². The molecule has 1 amide bonds. The number of nitrogens with zero attached hydrogens (tertiary/aromatic N) is 2. The fourth-order valence-corrected chi connectivity index (χ4v) is 4.92. The number of amides is 1. The van der Waals surface area contributed by atoms with E-state index < -0.39 is 10.0 Å². The highest BCUT2D eigenvalue weighted by atomic mass is 32.2. The van der Waals surface area contributed by atoms with Crippen molar-refractivity contribution in [3.63, 3.8) is 0 Å². The Bertz CT molecular complexity index is 996. The molecular weight excluding hydrogens is 426 g/mol. The predicted octanol–water partition coefficient (Wildman–Crippen LogP) is 2.72. The Morgan fingerprint density at radius 2 is 1.69 bits per heavy atom. The van der Waals surface area contributed by atoms with Gasteiger partial charge in [0.1, 0.15) is 0 Å². The summed E-state index contributed by atoms with van der Waals surface area (Å²) in [6.45, 7) is 9.04. The lowest BCUT2D eigenvalue weighted by Gasteiger charge is -2.26. The number of ether oxygens (including phenoxy) is 1. The summed E-state index contributed by atoms with van der Waals surface area (Å²) in [5.41, 5.74) is 3.91. The summed E-state index contributed by atoms with van der Waals surface area (Å²) >= 11 is 0. The van der Waals surface area contributed by atoms with Crippen molar-refractivity contribution in [2.75, 3.05) is 50.0 Å². The van der Waals surface area contributed by atoms with Crippen molar-refractivity contribution in [3.8, 4) is 0 Å². The van der Waals surface area contributed by atoms with E-state index >= 15 is 0 Å². The van der Waals surface area contributed by atoms with Crippen molar-refractivity contribution < 1.29 is 17.9 Å². The molecule has 32 heavy (non-hydrogen) atoms. The minimum absolute atomic E-state index is 0.117. The van der Waals surface area contributed by atoms with Crippen LogP contribution in [0, 0.1) is 13.8 Å². The maximum atomic E-state index is 12.5. The Morgan fingerprint density at radius 3 is 2.28 bits per heavy atom. The number of anilines is 1. The van der Waals surface area contributed by atoms with Crippen LogP contribution >= 0.6 is 0 Å². The molecule has 0 radical (unpaired) electrons. The van der Waals surface area contributed by atoms with E-state index in [0.717, 1.165) is 56.0 Å². The van der Waals surface area contributed by atoms with Gasteiger partial charge in [0.05, 0.1) is 31.7 Å². The van der Waals surface area contributed by atoms with Crippen LogP contribution < -0.4 is 9.62 Å². The first-order chi connectivity index (χ1) is 15.3. The molecule has 174 valence electrons. The zero-order valence-corrected chi connectivity index (χ0v) is 20.0. The molecule has 1 fully saturated rings. The van der Waals surface area contributed by atoms with Gasteiger partial charge < -0.3 is 10.1 Å². The zero-order chi connectivity index (χ0) is 23.1. The Hall–Kier alpha value is -2.42. The van der Waals surface area contributed by atoms with Crippen LogP contribution in [0.25, 0.3) is 0 Å². The molecule has 1 aliphatic rings. The van der Waals surface area contributed by atoms with E-state index in [1.165, 1.54) is 10.6 Å². The van der Waals surface area contributed by atoms with E-state index in [1.54, 1.807) is 12.1 Å². The van der Waals surface area contributed by atoms with E-state index in [1.807, 2.05) is 44.2 Å². The van der Waals surface area contributed by atoms with Crippen molar-refractivity contribution in [2.45, 2.75) is 26.8 Å². The molecule has 0 spiro atoms. The molecule has 1 aliphatic heterocycles. The third-order valence-corrected chi connectivity index (χ3v) is 6.78. The predicted molar refractivity (Wildman–Crippen MR) is 128 cm³/mol. The SMILES string of the molecule is Cc1cccc(C)c1N(Cc1ccc(C(=O)NCCCN2CCOCC2)cc1)S(C)(=O)=O. The van der Waals surface area contributed by atoms with Gasteiger partial charge in [0.15, 0.2) is 0 Å². The summed E-state index contributed by atoms with van der Waals surface area (Å²) in [6.07, 6.45) is 2.11. The average molecular weight is 460 g/mol. The number of hydrogen-bond acceptors (Lipinski definition) is 5.